The van der Waals surface area contributed by atoms with Crippen LogP contribution in [0.25, 0.3) is 0 Å². The van der Waals surface area contributed by atoms with E-state index in [1.54, 1.807) is 0 Å². The molecule has 0 aromatic heterocycles. The van der Waals surface area contributed by atoms with Gasteiger partial charge in [-0.1, -0.05) is 12.1 Å². The molecule has 0 saturated heterocycles. The Morgan fingerprint density at radius 3 is 2.00 bits per heavy atom. The van der Waals surface area contributed by atoms with Gasteiger partial charge in [0.2, 0.25) is 0 Å². The van der Waals surface area contributed by atoms with Gasteiger partial charge in [-0.05, 0) is 12.1 Å². The van der Waals surface area contributed by atoms with E-state index in [4.69, 9.17) is 4.89 Å². The van der Waals surface area contributed by atoms with Crippen LogP contribution in [0.1, 0.15) is 0 Å². The van der Waals surface area contributed by atoms with Gasteiger partial charge < -0.3 is 19.4 Å². The summed E-state index contributed by atoms with van der Waals surface area (Å²) in [7, 11) is -4.75. The number of benzene rings is 1. The van der Waals surface area contributed by atoms with E-state index in [2.05, 4.69) is 4.52 Å². The zero-order chi connectivity index (χ0) is 9.19. The van der Waals surface area contributed by atoms with Crippen LogP contribution in [0.15, 0.2) is 24.3 Å². The van der Waals surface area contributed by atoms with E-state index in [9.17, 15) is 14.6 Å². The van der Waals surface area contributed by atoms with Gasteiger partial charge in [0.15, 0.2) is 0 Å². The maximum Gasteiger partial charge on any atom is 1.00 e. The summed E-state index contributed by atoms with van der Waals surface area (Å²) >= 11 is 0. The molecule has 0 amide bonds. The average molecular weight is 234 g/mol. The van der Waals surface area contributed by atoms with E-state index in [-0.39, 0.29) is 70.6 Å². The van der Waals surface area contributed by atoms with Crippen molar-refractivity contribution in [1.29, 1.82) is 0 Å². The molecule has 0 bridgehead atoms. The van der Waals surface area contributed by atoms with E-state index in [0.29, 0.717) is 0 Å². The van der Waals surface area contributed by atoms with Crippen LogP contribution in [0.2, 0.25) is 0 Å². The van der Waals surface area contributed by atoms with Crippen LogP contribution in [0, 0.1) is 0 Å². The topological polar surface area (TPSA) is 92.7 Å². The maximum atomic E-state index is 10.5. The van der Waals surface area contributed by atoms with E-state index < -0.39 is 7.82 Å². The van der Waals surface area contributed by atoms with Crippen LogP contribution in [0.3, 0.4) is 0 Å². The molecule has 0 saturated carbocycles. The SMILES string of the molecule is O=P([O-])(O)Oc1ccc([O-])cc1.[Na+].[Na+]. The summed E-state index contributed by atoms with van der Waals surface area (Å²) in [5.41, 5.74) is 0. The van der Waals surface area contributed by atoms with Crippen LogP contribution >= 0.6 is 7.82 Å². The van der Waals surface area contributed by atoms with Gasteiger partial charge in [0, 0.05) is 0 Å². The van der Waals surface area contributed by atoms with Crippen molar-refractivity contribution in [3.8, 4) is 11.5 Å². The zero-order valence-electron chi connectivity index (χ0n) is 7.84. The molecule has 0 fully saturated rings. The Hall–Kier alpha value is 0.970. The Bertz CT molecular complexity index is 309. The molecule has 5 nitrogen and oxygen atoms in total. The summed E-state index contributed by atoms with van der Waals surface area (Å²) < 4.78 is 14.2. The Morgan fingerprint density at radius 2 is 1.64 bits per heavy atom. The molecular formula is C6H5Na2O5P. The molecule has 1 N–H and O–H groups in total. The second-order valence-corrected chi connectivity index (χ2v) is 3.15. The second-order valence-electron chi connectivity index (χ2n) is 2.03. The smallest absolute Gasteiger partial charge is 0.872 e. The van der Waals surface area contributed by atoms with Gasteiger partial charge in [-0.25, -0.2) is 0 Å². The third-order valence-corrected chi connectivity index (χ3v) is 1.49. The Labute approximate surface area is 125 Å². The van der Waals surface area contributed by atoms with Gasteiger partial charge in [0.1, 0.15) is 5.75 Å². The fourth-order valence-electron chi connectivity index (χ4n) is 0.634. The maximum absolute atomic E-state index is 10.5. The van der Waals surface area contributed by atoms with E-state index in [1.165, 1.54) is 0 Å². The molecule has 1 rings (SSSR count). The van der Waals surface area contributed by atoms with Crippen molar-refractivity contribution in [3.63, 3.8) is 0 Å². The Balaban J connectivity index is 0. The van der Waals surface area contributed by atoms with E-state index >= 15 is 0 Å². The van der Waals surface area contributed by atoms with Gasteiger partial charge in [0.25, 0.3) is 0 Å². The monoisotopic (exact) mass is 234 g/mol. The molecule has 1 aromatic carbocycles. The molecule has 8 heteroatoms. The van der Waals surface area contributed by atoms with Gasteiger partial charge in [-0.2, -0.15) is 0 Å². The van der Waals surface area contributed by atoms with Crippen molar-refractivity contribution in [1.82, 2.24) is 0 Å². The number of phosphoric ester groups is 1. The summed E-state index contributed by atoms with van der Waals surface area (Å²) in [5.74, 6) is -0.351. The van der Waals surface area contributed by atoms with Crippen molar-refractivity contribution in [2.75, 3.05) is 0 Å². The predicted octanol–water partition coefficient (Wildman–Crippen LogP) is -6.39. The van der Waals surface area contributed by atoms with Crippen LogP contribution in [-0.2, 0) is 4.57 Å². The van der Waals surface area contributed by atoms with Crippen LogP contribution in [-0.4, -0.2) is 4.89 Å². The molecule has 0 aliphatic carbocycles. The fraction of sp³-hybridized carbons (Fsp3) is 0. The zero-order valence-corrected chi connectivity index (χ0v) is 12.7. The van der Waals surface area contributed by atoms with Crippen molar-refractivity contribution in [2.45, 2.75) is 0 Å². The summed E-state index contributed by atoms with van der Waals surface area (Å²) in [6, 6.07) is 4.57. The summed E-state index contributed by atoms with van der Waals surface area (Å²) in [5, 5.41) is 10.5. The van der Waals surface area contributed by atoms with E-state index in [0.717, 1.165) is 24.3 Å². The van der Waals surface area contributed by atoms with Crippen LogP contribution < -0.4 is 73.6 Å². The molecule has 0 aliphatic rings. The van der Waals surface area contributed by atoms with Gasteiger partial charge in [-0.15, -0.1) is 5.75 Å². The number of rotatable bonds is 2. The summed E-state index contributed by atoms with van der Waals surface area (Å²) in [4.78, 5) is 18.4. The second kappa shape index (κ2) is 7.28. The molecule has 0 heterocycles. The largest absolute Gasteiger partial charge is 1.00 e. The number of phosphoric acid groups is 1. The summed E-state index contributed by atoms with van der Waals surface area (Å²) in [6.07, 6.45) is 0. The number of hydrogen-bond acceptors (Lipinski definition) is 4. The molecule has 66 valence electrons. The van der Waals surface area contributed by atoms with Gasteiger partial charge in [0.05, 0.1) is 0 Å². The normalized spacial score (nSPS) is 13.0. The van der Waals surface area contributed by atoms with Crippen molar-refractivity contribution in [2.24, 2.45) is 0 Å². The van der Waals surface area contributed by atoms with Crippen LogP contribution in [0.4, 0.5) is 0 Å². The number of hydrogen-bond donors (Lipinski definition) is 1. The first kappa shape index (κ1) is 17.4. The predicted molar refractivity (Wildman–Crippen MR) is 36.3 cm³/mol. The van der Waals surface area contributed by atoms with Crippen molar-refractivity contribution >= 4 is 7.82 Å². The molecule has 1 atom stereocenters. The fourth-order valence-corrected chi connectivity index (χ4v) is 1.02. The first-order valence-corrected chi connectivity index (χ1v) is 4.47. The van der Waals surface area contributed by atoms with Crippen molar-refractivity contribution < 1.29 is 83.1 Å². The molecule has 1 aromatic rings. The van der Waals surface area contributed by atoms with Crippen molar-refractivity contribution in [3.05, 3.63) is 24.3 Å². The minimum Gasteiger partial charge on any atom is -0.872 e. The quantitative estimate of drug-likeness (QED) is 0.406. The first-order valence-electron chi connectivity index (χ1n) is 2.98. The molecule has 14 heavy (non-hydrogen) atoms. The molecular weight excluding hydrogens is 229 g/mol. The first-order chi connectivity index (χ1) is 5.47. The van der Waals surface area contributed by atoms with Gasteiger partial charge >= 0.3 is 66.9 Å². The third kappa shape index (κ3) is 7.29. The standard InChI is InChI=1S/C6H7O5P.2Na/c7-5-1-3-6(4-2-5)11-12(8,9)10;;/h1-4,7H,(H2,8,9,10);;/q;2*+1/p-2. The average Bonchev–Trinajstić information content (AvgIpc) is 1.91. The minimum absolute atomic E-state index is 0. The van der Waals surface area contributed by atoms with E-state index in [1.807, 2.05) is 0 Å². The molecule has 1 unspecified atom stereocenters. The Kier molecular flexibility index (Phi) is 9.03. The third-order valence-electron chi connectivity index (χ3n) is 1.04. The molecule has 0 spiro atoms. The van der Waals surface area contributed by atoms with Crippen LogP contribution in [0.5, 0.6) is 11.5 Å². The molecule has 0 radical (unpaired) electrons. The minimum atomic E-state index is -4.75. The van der Waals surface area contributed by atoms with Gasteiger partial charge in [-0.3, -0.25) is 4.57 Å². The Morgan fingerprint density at radius 1 is 1.21 bits per heavy atom. The molecule has 0 aliphatic heterocycles. The summed E-state index contributed by atoms with van der Waals surface area (Å²) in [6.45, 7) is 0.